The number of nitrogens with one attached hydrogen (secondary N) is 1. The van der Waals surface area contributed by atoms with Crippen LogP contribution in [0, 0.1) is 0 Å². The number of thiol groups is 1. The highest BCUT2D eigenvalue weighted by atomic mass is 32.1. The largest absolute Gasteiger partial charge is 0.341 e. The molecule has 7 heteroatoms. The van der Waals surface area contributed by atoms with Gasteiger partial charge in [-0.05, 0) is 24.3 Å². The van der Waals surface area contributed by atoms with Crippen LogP contribution in [0.1, 0.15) is 23.2 Å². The molecule has 0 saturated carbocycles. The Kier molecular flexibility index (Phi) is 5.44. The molecule has 21 heavy (non-hydrogen) atoms. The van der Waals surface area contributed by atoms with Crippen molar-refractivity contribution >= 4 is 24.4 Å². The molecule has 0 aliphatic carbocycles. The number of hydrogen-bond acceptors (Lipinski definition) is 4. The topological polar surface area (TPSA) is 73.5 Å². The van der Waals surface area contributed by atoms with Gasteiger partial charge in [0, 0.05) is 38.8 Å². The number of hydrogen-bond donors (Lipinski definition) is 2. The molecule has 0 radical (unpaired) electrons. The van der Waals surface area contributed by atoms with Crippen LogP contribution < -0.4 is 5.56 Å². The minimum atomic E-state index is -0.380. The van der Waals surface area contributed by atoms with Gasteiger partial charge in [0.05, 0.1) is 0 Å². The summed E-state index contributed by atoms with van der Waals surface area (Å²) < 4.78 is 0. The van der Waals surface area contributed by atoms with Crippen LogP contribution in [-0.4, -0.2) is 58.5 Å². The van der Waals surface area contributed by atoms with Gasteiger partial charge in [0.15, 0.2) is 0 Å². The number of amides is 2. The highest BCUT2D eigenvalue weighted by Gasteiger charge is 2.23. The third-order valence-electron chi connectivity index (χ3n) is 3.51. The first-order chi connectivity index (χ1) is 10.1. The molecule has 1 aromatic heterocycles. The summed E-state index contributed by atoms with van der Waals surface area (Å²) in [5.41, 5.74) is -0.234. The lowest BCUT2D eigenvalue weighted by Crippen LogP contribution is -2.39. The fourth-order valence-electron chi connectivity index (χ4n) is 2.38. The summed E-state index contributed by atoms with van der Waals surface area (Å²) in [4.78, 5) is 41.8. The molecule has 2 amide bonds. The van der Waals surface area contributed by atoms with Crippen LogP contribution in [0.25, 0.3) is 0 Å². The van der Waals surface area contributed by atoms with Gasteiger partial charge >= 0.3 is 0 Å². The lowest BCUT2D eigenvalue weighted by molar-refractivity contribution is -0.130. The molecule has 1 aliphatic heterocycles. The van der Waals surface area contributed by atoms with E-state index < -0.39 is 0 Å². The number of H-pyrrole nitrogens is 1. The molecule has 114 valence electrons. The molecule has 0 bridgehead atoms. The highest BCUT2D eigenvalue weighted by Crippen LogP contribution is 2.08. The number of carbonyl (C=O) groups excluding carboxylic acids is 2. The van der Waals surface area contributed by atoms with Gasteiger partial charge in [-0.3, -0.25) is 14.4 Å². The molecule has 0 aromatic carbocycles. The van der Waals surface area contributed by atoms with E-state index in [0.29, 0.717) is 38.4 Å². The first kappa shape index (κ1) is 15.6. The second-order valence-electron chi connectivity index (χ2n) is 4.91. The maximum atomic E-state index is 12.4. The Morgan fingerprint density at radius 1 is 1.19 bits per heavy atom. The third kappa shape index (κ3) is 3.87. The van der Waals surface area contributed by atoms with Crippen LogP contribution in [0.5, 0.6) is 0 Å². The molecule has 1 saturated heterocycles. The van der Waals surface area contributed by atoms with Gasteiger partial charge in [-0.2, -0.15) is 12.6 Å². The second kappa shape index (κ2) is 7.31. The molecule has 6 nitrogen and oxygen atoms in total. The maximum Gasteiger partial charge on any atom is 0.260 e. The van der Waals surface area contributed by atoms with Crippen molar-refractivity contribution in [3.63, 3.8) is 0 Å². The number of carbonyl (C=O) groups is 2. The van der Waals surface area contributed by atoms with E-state index in [2.05, 4.69) is 17.6 Å². The number of rotatable bonds is 3. The van der Waals surface area contributed by atoms with Gasteiger partial charge in [0.1, 0.15) is 5.56 Å². The number of aromatic amines is 1. The lowest BCUT2D eigenvalue weighted by atomic mass is 10.2. The van der Waals surface area contributed by atoms with E-state index in [1.165, 1.54) is 12.3 Å². The SMILES string of the molecule is O=C(CCS)N1CCCN(C(=O)c2ccc[nH]c2=O)CC1. The number of pyridine rings is 1. The number of aromatic nitrogens is 1. The van der Waals surface area contributed by atoms with Gasteiger partial charge in [-0.25, -0.2) is 0 Å². The van der Waals surface area contributed by atoms with Gasteiger partial charge in [0.2, 0.25) is 5.91 Å². The van der Waals surface area contributed by atoms with Gasteiger partial charge in [0.25, 0.3) is 11.5 Å². The van der Waals surface area contributed by atoms with Crippen molar-refractivity contribution in [1.29, 1.82) is 0 Å². The fourth-order valence-corrected chi connectivity index (χ4v) is 2.58. The molecular weight excluding hydrogens is 290 g/mol. The van der Waals surface area contributed by atoms with Gasteiger partial charge < -0.3 is 14.8 Å². The van der Waals surface area contributed by atoms with Crippen LogP contribution in [0.4, 0.5) is 0 Å². The molecule has 1 N–H and O–H groups in total. The zero-order valence-corrected chi connectivity index (χ0v) is 12.6. The van der Waals surface area contributed by atoms with E-state index in [9.17, 15) is 14.4 Å². The molecule has 0 unspecified atom stereocenters. The zero-order chi connectivity index (χ0) is 15.2. The van der Waals surface area contributed by atoms with E-state index >= 15 is 0 Å². The van der Waals surface area contributed by atoms with Crippen molar-refractivity contribution in [3.05, 3.63) is 34.2 Å². The average Bonchev–Trinajstić information content (AvgIpc) is 2.73. The quantitative estimate of drug-likeness (QED) is 0.792. The molecule has 0 spiro atoms. The van der Waals surface area contributed by atoms with Crippen LogP contribution in [0.15, 0.2) is 23.1 Å². The standard InChI is InChI=1S/C14H19N3O3S/c18-12(4-10-21)16-6-2-7-17(9-8-16)14(20)11-3-1-5-15-13(11)19/h1,3,5,21H,2,4,6-10H2,(H,15,19). The molecular formula is C14H19N3O3S. The predicted molar refractivity (Wildman–Crippen MR) is 82.6 cm³/mol. The molecule has 1 aromatic rings. The monoisotopic (exact) mass is 309 g/mol. The summed E-state index contributed by atoms with van der Waals surface area (Å²) in [5.74, 6) is 0.314. The first-order valence-electron chi connectivity index (χ1n) is 6.99. The van der Waals surface area contributed by atoms with E-state index in [-0.39, 0.29) is 22.9 Å². The van der Waals surface area contributed by atoms with Crippen molar-refractivity contribution in [1.82, 2.24) is 14.8 Å². The number of nitrogens with zero attached hydrogens (tertiary/aromatic N) is 2. The first-order valence-corrected chi connectivity index (χ1v) is 7.62. The van der Waals surface area contributed by atoms with Crippen LogP contribution in [-0.2, 0) is 4.79 Å². The molecule has 2 rings (SSSR count). The van der Waals surface area contributed by atoms with E-state index in [4.69, 9.17) is 0 Å². The molecule has 0 atom stereocenters. The Morgan fingerprint density at radius 2 is 1.90 bits per heavy atom. The Morgan fingerprint density at radius 3 is 2.62 bits per heavy atom. The summed E-state index contributed by atoms with van der Waals surface area (Å²) in [6.07, 6.45) is 2.63. The zero-order valence-electron chi connectivity index (χ0n) is 11.7. The van der Waals surface area contributed by atoms with Crippen molar-refractivity contribution < 1.29 is 9.59 Å². The third-order valence-corrected chi connectivity index (χ3v) is 3.73. The van der Waals surface area contributed by atoms with Crippen LogP contribution >= 0.6 is 12.6 Å². The Hall–Kier alpha value is -1.76. The Labute approximate surface area is 128 Å². The van der Waals surface area contributed by atoms with Crippen molar-refractivity contribution in [2.45, 2.75) is 12.8 Å². The van der Waals surface area contributed by atoms with Gasteiger partial charge in [-0.1, -0.05) is 0 Å². The smallest absolute Gasteiger partial charge is 0.260 e. The molecule has 1 fully saturated rings. The summed E-state index contributed by atoms with van der Waals surface area (Å²) in [6.45, 7) is 2.15. The normalized spacial score (nSPS) is 15.7. The molecule has 1 aliphatic rings. The summed E-state index contributed by atoms with van der Waals surface area (Å²) in [7, 11) is 0. The Balaban J connectivity index is 2.03. The van der Waals surface area contributed by atoms with Crippen LogP contribution in [0.2, 0.25) is 0 Å². The Bertz CT molecular complexity index is 573. The molecule has 2 heterocycles. The second-order valence-corrected chi connectivity index (χ2v) is 5.36. The van der Waals surface area contributed by atoms with E-state index in [1.54, 1.807) is 15.9 Å². The van der Waals surface area contributed by atoms with E-state index in [1.807, 2.05) is 0 Å². The lowest BCUT2D eigenvalue weighted by Gasteiger charge is -2.22. The predicted octanol–water partition coefficient (Wildman–Crippen LogP) is 0.369. The van der Waals surface area contributed by atoms with Crippen molar-refractivity contribution in [2.75, 3.05) is 31.9 Å². The summed E-state index contributed by atoms with van der Waals surface area (Å²) in [5, 5.41) is 0. The van der Waals surface area contributed by atoms with Crippen molar-refractivity contribution in [3.8, 4) is 0 Å². The summed E-state index contributed by atoms with van der Waals surface area (Å²) >= 11 is 4.07. The van der Waals surface area contributed by atoms with Gasteiger partial charge in [-0.15, -0.1) is 0 Å². The van der Waals surface area contributed by atoms with E-state index in [0.717, 1.165) is 6.42 Å². The van der Waals surface area contributed by atoms with Crippen LogP contribution in [0.3, 0.4) is 0 Å². The minimum absolute atomic E-state index is 0.0665. The van der Waals surface area contributed by atoms with Crippen molar-refractivity contribution in [2.24, 2.45) is 0 Å². The maximum absolute atomic E-state index is 12.4. The fraction of sp³-hybridized carbons (Fsp3) is 0.500. The summed E-state index contributed by atoms with van der Waals surface area (Å²) in [6, 6.07) is 3.16. The minimum Gasteiger partial charge on any atom is -0.341 e. The highest BCUT2D eigenvalue weighted by molar-refractivity contribution is 7.80. The average molecular weight is 309 g/mol.